The van der Waals surface area contributed by atoms with Gasteiger partial charge < -0.3 is 5.32 Å². The Balaban J connectivity index is 2.11. The Morgan fingerprint density at radius 1 is 1.28 bits per heavy atom. The van der Waals surface area contributed by atoms with Crippen molar-refractivity contribution in [2.24, 2.45) is 0 Å². The van der Waals surface area contributed by atoms with Gasteiger partial charge in [0, 0.05) is 18.8 Å². The molecule has 1 atom stereocenters. The topological polar surface area (TPSA) is 29.9 Å². The second kappa shape index (κ2) is 5.25. The molecule has 0 bridgehead atoms. The van der Waals surface area contributed by atoms with Crippen LogP contribution in [-0.2, 0) is 6.54 Å². The van der Waals surface area contributed by atoms with Crippen LogP contribution in [0.5, 0.6) is 0 Å². The minimum Gasteiger partial charge on any atom is -0.376 e. The highest BCUT2D eigenvalue weighted by Crippen LogP contribution is 2.21. The summed E-state index contributed by atoms with van der Waals surface area (Å²) in [5.74, 6) is 0. The SMILES string of the molecule is CCn1cc(NC(C)c2ccc(C)c(C)c2)cn1. The first-order valence-corrected chi connectivity index (χ1v) is 6.46. The van der Waals surface area contributed by atoms with Crippen molar-refractivity contribution in [2.45, 2.75) is 40.3 Å². The zero-order chi connectivity index (χ0) is 13.1. The number of rotatable bonds is 4. The van der Waals surface area contributed by atoms with E-state index >= 15 is 0 Å². The number of nitrogens with zero attached hydrogens (tertiary/aromatic N) is 2. The van der Waals surface area contributed by atoms with Gasteiger partial charge in [0.05, 0.1) is 11.9 Å². The molecule has 0 amide bonds. The molecular weight excluding hydrogens is 222 g/mol. The average molecular weight is 243 g/mol. The van der Waals surface area contributed by atoms with Gasteiger partial charge in [0.15, 0.2) is 0 Å². The first-order chi connectivity index (χ1) is 8.60. The van der Waals surface area contributed by atoms with Crippen LogP contribution in [0, 0.1) is 13.8 Å². The first-order valence-electron chi connectivity index (χ1n) is 6.46. The summed E-state index contributed by atoms with van der Waals surface area (Å²) < 4.78 is 1.93. The molecule has 0 aliphatic rings. The Labute approximate surface area is 109 Å². The number of hydrogen-bond donors (Lipinski definition) is 1. The summed E-state index contributed by atoms with van der Waals surface area (Å²) in [6.45, 7) is 9.46. The first kappa shape index (κ1) is 12.7. The minimum atomic E-state index is 0.291. The molecule has 0 aliphatic heterocycles. The van der Waals surface area contributed by atoms with E-state index < -0.39 is 0 Å². The normalized spacial score (nSPS) is 12.4. The van der Waals surface area contributed by atoms with Gasteiger partial charge in [-0.15, -0.1) is 0 Å². The number of aromatic nitrogens is 2. The van der Waals surface area contributed by atoms with E-state index in [1.54, 1.807) is 0 Å². The van der Waals surface area contributed by atoms with Crippen LogP contribution in [0.3, 0.4) is 0 Å². The van der Waals surface area contributed by atoms with Crippen molar-refractivity contribution < 1.29 is 0 Å². The van der Waals surface area contributed by atoms with Gasteiger partial charge in [0.2, 0.25) is 0 Å². The maximum atomic E-state index is 4.27. The molecule has 2 aromatic rings. The van der Waals surface area contributed by atoms with E-state index in [9.17, 15) is 0 Å². The van der Waals surface area contributed by atoms with Gasteiger partial charge in [0.25, 0.3) is 0 Å². The number of nitrogens with one attached hydrogen (secondary N) is 1. The Hall–Kier alpha value is -1.77. The molecule has 1 unspecified atom stereocenters. The van der Waals surface area contributed by atoms with Crippen molar-refractivity contribution in [3.8, 4) is 0 Å². The van der Waals surface area contributed by atoms with Gasteiger partial charge in [-0.05, 0) is 44.4 Å². The van der Waals surface area contributed by atoms with Crippen molar-refractivity contribution in [1.82, 2.24) is 9.78 Å². The summed E-state index contributed by atoms with van der Waals surface area (Å²) in [4.78, 5) is 0. The standard InChI is InChI=1S/C15H21N3/c1-5-18-10-15(9-16-18)17-13(4)14-7-6-11(2)12(3)8-14/h6-10,13,17H,5H2,1-4H3. The van der Waals surface area contributed by atoms with Gasteiger partial charge >= 0.3 is 0 Å². The predicted molar refractivity (Wildman–Crippen MR) is 75.9 cm³/mol. The second-order valence-corrected chi connectivity index (χ2v) is 4.79. The van der Waals surface area contributed by atoms with Crippen molar-refractivity contribution in [2.75, 3.05) is 5.32 Å². The third-order valence-corrected chi connectivity index (χ3v) is 3.37. The fourth-order valence-corrected chi connectivity index (χ4v) is 1.98. The third kappa shape index (κ3) is 2.73. The Kier molecular flexibility index (Phi) is 3.70. The largest absolute Gasteiger partial charge is 0.376 e. The summed E-state index contributed by atoms with van der Waals surface area (Å²) in [5.41, 5.74) is 5.06. The Bertz CT molecular complexity index is 528. The molecule has 0 spiro atoms. The van der Waals surface area contributed by atoms with Crippen molar-refractivity contribution in [3.05, 3.63) is 47.3 Å². The van der Waals surface area contributed by atoms with Gasteiger partial charge in [-0.1, -0.05) is 18.2 Å². The van der Waals surface area contributed by atoms with Crippen molar-refractivity contribution >= 4 is 5.69 Å². The number of benzene rings is 1. The monoisotopic (exact) mass is 243 g/mol. The quantitative estimate of drug-likeness (QED) is 0.887. The average Bonchev–Trinajstić information content (AvgIpc) is 2.80. The number of aryl methyl sites for hydroxylation is 3. The summed E-state index contributed by atoms with van der Waals surface area (Å²) in [5, 5.41) is 7.74. The number of hydrogen-bond acceptors (Lipinski definition) is 2. The molecule has 1 aromatic carbocycles. The van der Waals surface area contributed by atoms with Crippen LogP contribution in [0.25, 0.3) is 0 Å². The van der Waals surface area contributed by atoms with Gasteiger partial charge in [0.1, 0.15) is 0 Å². The van der Waals surface area contributed by atoms with E-state index in [2.05, 4.69) is 56.3 Å². The zero-order valence-electron chi connectivity index (χ0n) is 11.6. The van der Waals surface area contributed by atoms with E-state index in [1.165, 1.54) is 16.7 Å². The molecule has 1 aromatic heterocycles. The maximum Gasteiger partial charge on any atom is 0.0731 e. The molecule has 1 N–H and O–H groups in total. The molecule has 3 heteroatoms. The number of anilines is 1. The fraction of sp³-hybridized carbons (Fsp3) is 0.400. The van der Waals surface area contributed by atoms with Crippen LogP contribution in [-0.4, -0.2) is 9.78 Å². The zero-order valence-corrected chi connectivity index (χ0v) is 11.6. The van der Waals surface area contributed by atoms with E-state index in [4.69, 9.17) is 0 Å². The highest BCUT2D eigenvalue weighted by Gasteiger charge is 2.07. The summed E-state index contributed by atoms with van der Waals surface area (Å²) in [6, 6.07) is 6.90. The minimum absolute atomic E-state index is 0.291. The lowest BCUT2D eigenvalue weighted by atomic mass is 10.0. The molecular formula is C15H21N3. The maximum absolute atomic E-state index is 4.27. The van der Waals surface area contributed by atoms with Crippen LogP contribution in [0.2, 0.25) is 0 Å². The summed E-state index contributed by atoms with van der Waals surface area (Å²) >= 11 is 0. The van der Waals surface area contributed by atoms with E-state index in [0.717, 1.165) is 12.2 Å². The predicted octanol–water partition coefficient (Wildman–Crippen LogP) is 3.69. The molecule has 1 heterocycles. The highest BCUT2D eigenvalue weighted by molar-refractivity contribution is 5.42. The molecule has 96 valence electrons. The van der Waals surface area contributed by atoms with E-state index in [-0.39, 0.29) is 0 Å². The Morgan fingerprint density at radius 3 is 2.67 bits per heavy atom. The molecule has 0 saturated carbocycles. The molecule has 0 saturated heterocycles. The van der Waals surface area contributed by atoms with Crippen LogP contribution in [0.4, 0.5) is 5.69 Å². The van der Waals surface area contributed by atoms with Crippen LogP contribution in [0.1, 0.15) is 36.6 Å². The lowest BCUT2D eigenvalue weighted by molar-refractivity contribution is 0.660. The van der Waals surface area contributed by atoms with Crippen LogP contribution < -0.4 is 5.32 Å². The molecule has 18 heavy (non-hydrogen) atoms. The molecule has 0 fully saturated rings. The highest BCUT2D eigenvalue weighted by atomic mass is 15.3. The van der Waals surface area contributed by atoms with Gasteiger partial charge in [-0.25, -0.2) is 0 Å². The Morgan fingerprint density at radius 2 is 2.06 bits per heavy atom. The van der Waals surface area contributed by atoms with Crippen molar-refractivity contribution in [1.29, 1.82) is 0 Å². The third-order valence-electron chi connectivity index (χ3n) is 3.37. The lowest BCUT2D eigenvalue weighted by Crippen LogP contribution is -2.06. The van der Waals surface area contributed by atoms with E-state index in [0.29, 0.717) is 6.04 Å². The van der Waals surface area contributed by atoms with Gasteiger partial charge in [-0.3, -0.25) is 4.68 Å². The fourth-order valence-electron chi connectivity index (χ4n) is 1.98. The van der Waals surface area contributed by atoms with Crippen molar-refractivity contribution in [3.63, 3.8) is 0 Å². The van der Waals surface area contributed by atoms with Crippen LogP contribution in [0.15, 0.2) is 30.6 Å². The smallest absolute Gasteiger partial charge is 0.0731 e. The van der Waals surface area contributed by atoms with Crippen LogP contribution >= 0.6 is 0 Å². The van der Waals surface area contributed by atoms with E-state index in [1.807, 2.05) is 17.1 Å². The summed E-state index contributed by atoms with van der Waals surface area (Å²) in [6.07, 6.45) is 3.92. The second-order valence-electron chi connectivity index (χ2n) is 4.79. The molecule has 3 nitrogen and oxygen atoms in total. The molecule has 0 aliphatic carbocycles. The van der Waals surface area contributed by atoms with Gasteiger partial charge in [-0.2, -0.15) is 5.10 Å². The molecule has 0 radical (unpaired) electrons. The lowest BCUT2D eigenvalue weighted by Gasteiger charge is -2.15. The summed E-state index contributed by atoms with van der Waals surface area (Å²) in [7, 11) is 0. The molecule has 2 rings (SSSR count).